The Hall–Kier alpha value is -1.57. The number of hydrogen-bond donors (Lipinski definition) is 2. The minimum absolute atomic E-state index is 0.0421. The summed E-state index contributed by atoms with van der Waals surface area (Å²) in [6.45, 7) is 0.447. The first-order valence-corrected chi connectivity index (χ1v) is 9.12. The zero-order valence-electron chi connectivity index (χ0n) is 12.1. The van der Waals surface area contributed by atoms with Gasteiger partial charge < -0.3 is 10.4 Å². The van der Waals surface area contributed by atoms with Crippen LogP contribution in [0.2, 0.25) is 5.02 Å². The highest BCUT2D eigenvalue weighted by atomic mass is 35.5. The molecule has 0 fully saturated rings. The molecule has 2 N–H and O–H groups in total. The number of rotatable bonds is 8. The van der Waals surface area contributed by atoms with Crippen molar-refractivity contribution in [2.75, 3.05) is 12.3 Å². The predicted octanol–water partition coefficient (Wildman–Crippen LogP) is 3.34. The summed E-state index contributed by atoms with van der Waals surface area (Å²) in [5, 5.41) is 14.5. The maximum Gasteiger partial charge on any atom is 0.355 e. The Balaban J connectivity index is 1.65. The van der Waals surface area contributed by atoms with E-state index in [9.17, 15) is 9.59 Å². The van der Waals surface area contributed by atoms with E-state index in [0.29, 0.717) is 35.2 Å². The van der Waals surface area contributed by atoms with Gasteiger partial charge in [0, 0.05) is 35.4 Å². The Labute approximate surface area is 147 Å². The van der Waals surface area contributed by atoms with Crippen LogP contribution in [-0.2, 0) is 11.2 Å². The molecular formula is C15H15ClN2O3S2. The summed E-state index contributed by atoms with van der Waals surface area (Å²) in [7, 11) is 0. The number of carboxylic acid groups (broad SMARTS) is 1. The van der Waals surface area contributed by atoms with E-state index < -0.39 is 5.97 Å². The first kappa shape index (κ1) is 17.8. The van der Waals surface area contributed by atoms with Gasteiger partial charge in [-0.1, -0.05) is 23.7 Å². The number of nitrogens with zero attached hydrogens (tertiary/aromatic N) is 1. The van der Waals surface area contributed by atoms with Crippen LogP contribution >= 0.6 is 34.7 Å². The van der Waals surface area contributed by atoms with Gasteiger partial charge in [-0.3, -0.25) is 4.79 Å². The molecule has 122 valence electrons. The van der Waals surface area contributed by atoms with Crippen molar-refractivity contribution in [1.82, 2.24) is 10.3 Å². The molecule has 0 aliphatic heterocycles. The molecule has 1 amide bonds. The van der Waals surface area contributed by atoms with Gasteiger partial charge in [0.1, 0.15) is 0 Å². The van der Waals surface area contributed by atoms with Crippen molar-refractivity contribution in [3.05, 3.63) is 45.4 Å². The van der Waals surface area contributed by atoms with Gasteiger partial charge in [0.25, 0.3) is 0 Å². The lowest BCUT2D eigenvalue weighted by molar-refractivity contribution is -0.120. The van der Waals surface area contributed by atoms with Crippen LogP contribution in [0, 0.1) is 0 Å². The second kappa shape index (κ2) is 8.90. The average Bonchev–Trinajstić information content (AvgIpc) is 2.98. The van der Waals surface area contributed by atoms with E-state index in [1.807, 2.05) is 24.3 Å². The van der Waals surface area contributed by atoms with Crippen LogP contribution in [0.1, 0.15) is 21.9 Å². The van der Waals surface area contributed by atoms with Crippen LogP contribution in [0.4, 0.5) is 0 Å². The number of thioether (sulfide) groups is 1. The molecule has 0 saturated heterocycles. The molecule has 0 spiro atoms. The Morgan fingerprint density at radius 2 is 2.13 bits per heavy atom. The molecule has 23 heavy (non-hydrogen) atoms. The summed E-state index contributed by atoms with van der Waals surface area (Å²) in [5.41, 5.74) is 0.0486. The first-order valence-electron chi connectivity index (χ1n) is 6.88. The number of aromatic nitrogens is 1. The highest BCUT2D eigenvalue weighted by Gasteiger charge is 2.09. The van der Waals surface area contributed by atoms with Crippen molar-refractivity contribution in [3.8, 4) is 0 Å². The molecular weight excluding hydrogens is 356 g/mol. The molecule has 1 aromatic heterocycles. The van der Waals surface area contributed by atoms with Crippen molar-refractivity contribution in [1.29, 1.82) is 0 Å². The van der Waals surface area contributed by atoms with Gasteiger partial charge in [0.2, 0.25) is 5.91 Å². The predicted molar refractivity (Wildman–Crippen MR) is 92.6 cm³/mol. The van der Waals surface area contributed by atoms with Crippen LogP contribution in [0.3, 0.4) is 0 Å². The minimum atomic E-state index is -1.03. The topological polar surface area (TPSA) is 79.3 Å². The minimum Gasteiger partial charge on any atom is -0.476 e. The molecule has 0 unspecified atom stereocenters. The maximum atomic E-state index is 11.8. The van der Waals surface area contributed by atoms with Gasteiger partial charge in [0.15, 0.2) is 5.69 Å². The van der Waals surface area contributed by atoms with E-state index in [4.69, 9.17) is 16.7 Å². The Bertz CT molecular complexity index is 691. The number of halogens is 1. The van der Waals surface area contributed by atoms with Crippen LogP contribution < -0.4 is 5.32 Å². The van der Waals surface area contributed by atoms with E-state index >= 15 is 0 Å². The zero-order valence-corrected chi connectivity index (χ0v) is 14.5. The third-order valence-corrected chi connectivity index (χ3v) is 5.28. The lowest BCUT2D eigenvalue weighted by Crippen LogP contribution is -2.25. The number of carboxylic acids is 1. The van der Waals surface area contributed by atoms with Gasteiger partial charge in [-0.05, 0) is 12.1 Å². The lowest BCUT2D eigenvalue weighted by atomic mass is 10.4. The molecule has 2 aromatic rings. The fraction of sp³-hybridized carbons (Fsp3) is 0.267. The highest BCUT2D eigenvalue weighted by Crippen LogP contribution is 2.26. The van der Waals surface area contributed by atoms with Gasteiger partial charge in [-0.15, -0.1) is 23.1 Å². The fourth-order valence-electron chi connectivity index (χ4n) is 1.74. The zero-order chi connectivity index (χ0) is 16.7. The number of carbonyl (C=O) groups excluding carboxylic acids is 1. The molecule has 0 aliphatic carbocycles. The molecule has 8 heteroatoms. The standard InChI is InChI=1S/C15H15ClN2O3S2/c16-10-3-1-2-4-12(10)22-8-6-13(19)17-7-5-14-18-11(9-23-14)15(20)21/h1-4,9H,5-8H2,(H,17,19)(H,20,21). The second-order valence-corrected chi connectivity index (χ2v) is 7.05. The Kier molecular flexibility index (Phi) is 6.88. The number of benzene rings is 1. The third kappa shape index (κ3) is 5.85. The Morgan fingerprint density at radius 1 is 1.35 bits per heavy atom. The van der Waals surface area contributed by atoms with E-state index in [0.717, 1.165) is 4.90 Å². The molecule has 2 rings (SSSR count). The van der Waals surface area contributed by atoms with Crippen molar-refractivity contribution in [3.63, 3.8) is 0 Å². The smallest absolute Gasteiger partial charge is 0.355 e. The number of aromatic carboxylic acids is 1. The molecule has 0 saturated carbocycles. The van der Waals surface area contributed by atoms with Crippen molar-refractivity contribution < 1.29 is 14.7 Å². The van der Waals surface area contributed by atoms with Gasteiger partial charge >= 0.3 is 5.97 Å². The summed E-state index contributed by atoms with van der Waals surface area (Å²) >= 11 is 8.87. The molecule has 0 bridgehead atoms. The van der Waals surface area contributed by atoms with Crippen LogP contribution in [-0.4, -0.2) is 34.3 Å². The molecule has 0 radical (unpaired) electrons. The maximum absolute atomic E-state index is 11.8. The molecule has 1 heterocycles. The van der Waals surface area contributed by atoms with Crippen LogP contribution in [0.5, 0.6) is 0 Å². The quantitative estimate of drug-likeness (QED) is 0.697. The third-order valence-electron chi connectivity index (χ3n) is 2.86. The fourth-order valence-corrected chi connectivity index (χ4v) is 3.70. The van der Waals surface area contributed by atoms with Gasteiger partial charge in [-0.2, -0.15) is 0 Å². The normalized spacial score (nSPS) is 10.5. The molecule has 0 aliphatic rings. The SMILES string of the molecule is O=C(CCSc1ccccc1Cl)NCCc1nc(C(=O)O)cs1. The molecule has 5 nitrogen and oxygen atoms in total. The van der Waals surface area contributed by atoms with Crippen molar-refractivity contribution in [2.45, 2.75) is 17.7 Å². The summed E-state index contributed by atoms with van der Waals surface area (Å²) in [4.78, 5) is 27.4. The van der Waals surface area contributed by atoms with E-state index in [2.05, 4.69) is 10.3 Å². The van der Waals surface area contributed by atoms with Gasteiger partial charge in [-0.25, -0.2) is 9.78 Å². The molecule has 0 atom stereocenters. The van der Waals surface area contributed by atoms with E-state index in [1.165, 1.54) is 16.7 Å². The van der Waals surface area contributed by atoms with Crippen molar-refractivity contribution >= 4 is 46.6 Å². The summed E-state index contributed by atoms with van der Waals surface area (Å²) < 4.78 is 0. The number of carbonyl (C=O) groups is 2. The summed E-state index contributed by atoms with van der Waals surface area (Å²) in [6, 6.07) is 7.53. The first-order chi connectivity index (χ1) is 11.1. The average molecular weight is 371 g/mol. The van der Waals surface area contributed by atoms with Crippen LogP contribution in [0.15, 0.2) is 34.5 Å². The van der Waals surface area contributed by atoms with E-state index in [-0.39, 0.29) is 11.6 Å². The van der Waals surface area contributed by atoms with Crippen LogP contribution in [0.25, 0.3) is 0 Å². The van der Waals surface area contributed by atoms with Crippen molar-refractivity contribution in [2.24, 2.45) is 0 Å². The largest absolute Gasteiger partial charge is 0.476 e. The lowest BCUT2D eigenvalue weighted by Gasteiger charge is -2.05. The van der Waals surface area contributed by atoms with Gasteiger partial charge in [0.05, 0.1) is 10.0 Å². The second-order valence-electron chi connectivity index (χ2n) is 4.56. The Morgan fingerprint density at radius 3 is 2.83 bits per heavy atom. The monoisotopic (exact) mass is 370 g/mol. The highest BCUT2D eigenvalue weighted by molar-refractivity contribution is 7.99. The number of amides is 1. The molecule has 1 aromatic carbocycles. The number of thiazole rings is 1. The summed E-state index contributed by atoms with van der Waals surface area (Å²) in [5.74, 6) is -0.427. The number of nitrogens with one attached hydrogen (secondary N) is 1. The van der Waals surface area contributed by atoms with E-state index in [1.54, 1.807) is 11.8 Å². The number of hydrogen-bond acceptors (Lipinski definition) is 5. The summed E-state index contributed by atoms with van der Waals surface area (Å²) in [6.07, 6.45) is 0.926.